The highest BCUT2D eigenvalue weighted by Crippen LogP contribution is 2.18. The number of hydrogen-bond donors (Lipinski definition) is 0. The maximum atomic E-state index is 12.8. The molecule has 0 aliphatic carbocycles. The molecule has 0 N–H and O–H groups in total. The fraction of sp³-hybridized carbons (Fsp3) is 0.333. The van der Waals surface area contributed by atoms with E-state index in [1.54, 1.807) is 14.2 Å². The molecule has 0 bridgehead atoms. The van der Waals surface area contributed by atoms with Crippen LogP contribution in [0, 0.1) is 5.82 Å². The molecule has 5 nitrogen and oxygen atoms in total. The molecule has 0 aliphatic heterocycles. The van der Waals surface area contributed by atoms with Crippen molar-refractivity contribution in [1.82, 2.24) is 4.31 Å². The summed E-state index contributed by atoms with van der Waals surface area (Å²) in [5.74, 6) is 0.671. The molecular weight excluding hydrogens is 345 g/mol. The molecule has 2 aromatic carbocycles. The standard InChI is InChI=1S/C18H22FNO4S/c1-20(12-11-15-5-3-4-6-18(15)23-2)25(21,22)14-13-24-17-9-7-16(19)8-10-17/h3-10H,11-14H2,1-2H3. The summed E-state index contributed by atoms with van der Waals surface area (Å²) in [7, 11) is -0.301. The maximum absolute atomic E-state index is 12.8. The van der Waals surface area contributed by atoms with Gasteiger partial charge in [-0.2, -0.15) is 0 Å². The molecule has 0 aromatic heterocycles. The van der Waals surface area contributed by atoms with Gasteiger partial charge in [-0.25, -0.2) is 17.1 Å². The SMILES string of the molecule is COc1ccccc1CCN(C)S(=O)(=O)CCOc1ccc(F)cc1. The van der Waals surface area contributed by atoms with Crippen molar-refractivity contribution in [3.63, 3.8) is 0 Å². The molecule has 0 unspecified atom stereocenters. The highest BCUT2D eigenvalue weighted by Gasteiger charge is 2.18. The molecule has 2 rings (SSSR count). The first-order valence-corrected chi connectivity index (χ1v) is 9.47. The van der Waals surface area contributed by atoms with Gasteiger partial charge in [-0.3, -0.25) is 0 Å². The lowest BCUT2D eigenvalue weighted by molar-refractivity contribution is 0.336. The summed E-state index contributed by atoms with van der Waals surface area (Å²) in [6.45, 7) is 0.353. The van der Waals surface area contributed by atoms with E-state index >= 15 is 0 Å². The Labute approximate surface area is 148 Å². The second-order valence-corrected chi connectivity index (χ2v) is 7.70. The minimum atomic E-state index is -3.43. The third-order valence-electron chi connectivity index (χ3n) is 3.79. The van der Waals surface area contributed by atoms with E-state index in [0.29, 0.717) is 18.7 Å². The largest absolute Gasteiger partial charge is 0.496 e. The van der Waals surface area contributed by atoms with Gasteiger partial charge >= 0.3 is 0 Å². The number of nitrogens with zero attached hydrogens (tertiary/aromatic N) is 1. The lowest BCUT2D eigenvalue weighted by atomic mass is 10.1. The van der Waals surface area contributed by atoms with E-state index in [9.17, 15) is 12.8 Å². The van der Waals surface area contributed by atoms with Crippen molar-refractivity contribution in [3.05, 3.63) is 59.9 Å². The Bertz CT molecular complexity index is 778. The Morgan fingerprint density at radius 2 is 1.76 bits per heavy atom. The highest BCUT2D eigenvalue weighted by molar-refractivity contribution is 7.89. The van der Waals surface area contributed by atoms with Crippen molar-refractivity contribution in [2.45, 2.75) is 6.42 Å². The van der Waals surface area contributed by atoms with Gasteiger partial charge in [-0.05, 0) is 42.3 Å². The summed E-state index contributed by atoms with van der Waals surface area (Å²) in [6.07, 6.45) is 0.554. The molecule has 0 amide bonds. The number of benzene rings is 2. The van der Waals surface area contributed by atoms with Crippen LogP contribution in [0.5, 0.6) is 11.5 Å². The molecule has 0 spiro atoms. The van der Waals surface area contributed by atoms with Gasteiger partial charge in [0.1, 0.15) is 23.9 Å². The van der Waals surface area contributed by atoms with Crippen molar-refractivity contribution in [2.24, 2.45) is 0 Å². The van der Waals surface area contributed by atoms with Gasteiger partial charge in [-0.1, -0.05) is 18.2 Å². The van der Waals surface area contributed by atoms with Gasteiger partial charge in [0, 0.05) is 13.6 Å². The fourth-order valence-electron chi connectivity index (χ4n) is 2.28. The predicted octanol–water partition coefficient (Wildman–Crippen LogP) is 2.72. The second kappa shape index (κ2) is 8.82. The number of para-hydroxylation sites is 1. The third-order valence-corrected chi connectivity index (χ3v) is 5.60. The Hall–Kier alpha value is -2.12. The fourth-order valence-corrected chi connectivity index (χ4v) is 3.25. The van der Waals surface area contributed by atoms with Crippen LogP contribution in [-0.2, 0) is 16.4 Å². The van der Waals surface area contributed by atoms with Crippen molar-refractivity contribution >= 4 is 10.0 Å². The number of halogens is 1. The number of rotatable bonds is 9. The monoisotopic (exact) mass is 367 g/mol. The minimum Gasteiger partial charge on any atom is -0.496 e. The minimum absolute atomic E-state index is 0.00691. The zero-order valence-corrected chi connectivity index (χ0v) is 15.1. The first-order valence-electron chi connectivity index (χ1n) is 7.86. The molecule has 0 aliphatic rings. The molecule has 0 saturated carbocycles. The summed E-state index contributed by atoms with van der Waals surface area (Å²) >= 11 is 0. The van der Waals surface area contributed by atoms with Gasteiger partial charge in [0.15, 0.2) is 0 Å². The van der Waals surface area contributed by atoms with Crippen molar-refractivity contribution in [2.75, 3.05) is 33.1 Å². The van der Waals surface area contributed by atoms with Crippen molar-refractivity contribution in [3.8, 4) is 11.5 Å². The van der Waals surface area contributed by atoms with Crippen LogP contribution in [0.15, 0.2) is 48.5 Å². The molecule has 136 valence electrons. The number of hydrogen-bond acceptors (Lipinski definition) is 4. The average molecular weight is 367 g/mol. The zero-order chi connectivity index (χ0) is 18.3. The van der Waals surface area contributed by atoms with Crippen LogP contribution in [0.2, 0.25) is 0 Å². The molecule has 0 radical (unpaired) electrons. The van der Waals surface area contributed by atoms with E-state index in [4.69, 9.17) is 9.47 Å². The van der Waals surface area contributed by atoms with Crippen LogP contribution in [-0.4, -0.2) is 45.8 Å². The van der Waals surface area contributed by atoms with Gasteiger partial charge in [-0.15, -0.1) is 0 Å². The van der Waals surface area contributed by atoms with Crippen LogP contribution in [0.1, 0.15) is 5.56 Å². The van der Waals surface area contributed by atoms with Crippen LogP contribution >= 0.6 is 0 Å². The van der Waals surface area contributed by atoms with Gasteiger partial charge in [0.25, 0.3) is 0 Å². The van der Waals surface area contributed by atoms with Gasteiger partial charge in [0.2, 0.25) is 10.0 Å². The summed E-state index contributed by atoms with van der Waals surface area (Å²) in [5, 5.41) is 0. The summed E-state index contributed by atoms with van der Waals surface area (Å²) in [6, 6.07) is 13.0. The Morgan fingerprint density at radius 3 is 2.44 bits per heavy atom. The number of sulfonamides is 1. The number of methoxy groups -OCH3 is 1. The van der Waals surface area contributed by atoms with Crippen LogP contribution in [0.3, 0.4) is 0 Å². The molecule has 7 heteroatoms. The normalized spacial score (nSPS) is 11.5. The Morgan fingerprint density at radius 1 is 1.08 bits per heavy atom. The van der Waals surface area contributed by atoms with E-state index in [0.717, 1.165) is 11.3 Å². The smallest absolute Gasteiger partial charge is 0.217 e. The van der Waals surface area contributed by atoms with E-state index in [-0.39, 0.29) is 18.2 Å². The lowest BCUT2D eigenvalue weighted by Gasteiger charge is -2.18. The van der Waals surface area contributed by atoms with Gasteiger partial charge in [0.05, 0.1) is 12.9 Å². The average Bonchev–Trinajstić information content (AvgIpc) is 2.61. The first-order chi connectivity index (χ1) is 11.9. The molecule has 0 saturated heterocycles. The van der Waals surface area contributed by atoms with E-state index < -0.39 is 10.0 Å². The van der Waals surface area contributed by atoms with E-state index in [2.05, 4.69) is 0 Å². The third kappa shape index (κ3) is 5.72. The van der Waals surface area contributed by atoms with Crippen LogP contribution < -0.4 is 9.47 Å². The van der Waals surface area contributed by atoms with Crippen LogP contribution in [0.25, 0.3) is 0 Å². The maximum Gasteiger partial charge on any atom is 0.217 e. The molecule has 0 heterocycles. The molecule has 2 aromatic rings. The van der Waals surface area contributed by atoms with Gasteiger partial charge < -0.3 is 9.47 Å². The van der Waals surface area contributed by atoms with Crippen molar-refractivity contribution < 1.29 is 22.3 Å². The Kier molecular flexibility index (Phi) is 6.78. The number of ether oxygens (including phenoxy) is 2. The van der Waals surface area contributed by atoms with E-state index in [1.807, 2.05) is 24.3 Å². The molecule has 25 heavy (non-hydrogen) atoms. The predicted molar refractivity (Wildman–Crippen MR) is 95.0 cm³/mol. The summed E-state index contributed by atoms with van der Waals surface area (Å²) in [5.41, 5.74) is 0.953. The Balaban J connectivity index is 1.84. The summed E-state index contributed by atoms with van der Waals surface area (Å²) < 4.78 is 49.4. The molecule has 0 fully saturated rings. The highest BCUT2D eigenvalue weighted by atomic mass is 32.2. The quantitative estimate of drug-likeness (QED) is 0.684. The van der Waals surface area contributed by atoms with Crippen molar-refractivity contribution in [1.29, 1.82) is 0 Å². The lowest BCUT2D eigenvalue weighted by Crippen LogP contribution is -2.33. The first kappa shape index (κ1) is 19.2. The van der Waals surface area contributed by atoms with E-state index in [1.165, 1.54) is 28.6 Å². The second-order valence-electron chi connectivity index (χ2n) is 5.50. The topological polar surface area (TPSA) is 55.8 Å². The molecular formula is C18H22FNO4S. The number of likely N-dealkylation sites (N-methyl/N-ethyl adjacent to an activating group) is 1. The van der Waals surface area contributed by atoms with Crippen LogP contribution in [0.4, 0.5) is 4.39 Å². The zero-order valence-electron chi connectivity index (χ0n) is 14.3. The summed E-state index contributed by atoms with van der Waals surface area (Å²) in [4.78, 5) is 0. The molecule has 0 atom stereocenters.